The lowest BCUT2D eigenvalue weighted by molar-refractivity contribution is -0.140. The molecule has 9 nitrogen and oxygen atoms in total. The number of nitrogens with one attached hydrogen (secondary N) is 2. The summed E-state index contributed by atoms with van der Waals surface area (Å²) in [4.78, 5) is 42.6. The number of anilines is 1. The van der Waals surface area contributed by atoms with E-state index in [1.54, 1.807) is 45.0 Å². The van der Waals surface area contributed by atoms with Gasteiger partial charge in [0.15, 0.2) is 0 Å². The molecule has 0 fully saturated rings. The number of alkyl carbamates (subject to hydrolysis) is 1. The van der Waals surface area contributed by atoms with Gasteiger partial charge in [-0.05, 0) is 91.9 Å². The summed E-state index contributed by atoms with van der Waals surface area (Å²) in [5, 5.41) is 27.2. The van der Waals surface area contributed by atoms with Crippen molar-refractivity contribution >= 4 is 34.4 Å². The van der Waals surface area contributed by atoms with Crippen molar-refractivity contribution in [1.82, 2.24) is 10.2 Å². The second-order valence-corrected chi connectivity index (χ2v) is 12.0. The predicted octanol–water partition coefficient (Wildman–Crippen LogP) is 6.33. The molecule has 4 rings (SSSR count). The molecule has 0 aromatic heterocycles. The van der Waals surface area contributed by atoms with E-state index < -0.39 is 42.1 Å². The molecule has 2 unspecified atom stereocenters. The van der Waals surface area contributed by atoms with Crippen molar-refractivity contribution in [2.75, 3.05) is 11.9 Å². The van der Waals surface area contributed by atoms with Crippen LogP contribution in [0.25, 0.3) is 10.8 Å². The van der Waals surface area contributed by atoms with E-state index >= 15 is 0 Å². The molecule has 9 heteroatoms. The summed E-state index contributed by atoms with van der Waals surface area (Å²) < 4.78 is 5.45. The summed E-state index contributed by atoms with van der Waals surface area (Å²) in [6.45, 7) is 8.55. The van der Waals surface area contributed by atoms with Gasteiger partial charge in [0.05, 0.1) is 6.07 Å². The van der Waals surface area contributed by atoms with E-state index in [0.717, 1.165) is 21.9 Å². The van der Waals surface area contributed by atoms with Crippen LogP contribution in [0.15, 0.2) is 84.9 Å². The van der Waals surface area contributed by atoms with Crippen molar-refractivity contribution in [1.29, 1.82) is 5.26 Å². The monoisotopic (exact) mass is 606 g/mol. The summed E-state index contributed by atoms with van der Waals surface area (Å²) in [7, 11) is 0. The molecule has 0 aliphatic heterocycles. The first-order chi connectivity index (χ1) is 21.3. The van der Waals surface area contributed by atoms with Gasteiger partial charge in [-0.15, -0.1) is 0 Å². The summed E-state index contributed by atoms with van der Waals surface area (Å²) in [5.74, 6) is -1.11. The van der Waals surface area contributed by atoms with E-state index in [9.17, 15) is 24.8 Å². The van der Waals surface area contributed by atoms with Crippen molar-refractivity contribution in [2.45, 2.75) is 58.7 Å². The molecule has 3 amide bonds. The second kappa shape index (κ2) is 14.0. The van der Waals surface area contributed by atoms with Crippen molar-refractivity contribution < 1.29 is 24.2 Å². The minimum absolute atomic E-state index is 0.0201. The van der Waals surface area contributed by atoms with E-state index in [1.165, 1.54) is 17.0 Å². The molecule has 2 atom stereocenters. The Hall–Kier alpha value is -5.36. The number of nitrogens with zero attached hydrogens (tertiary/aromatic N) is 2. The average molecular weight is 607 g/mol. The molecule has 4 aromatic carbocycles. The first-order valence-corrected chi connectivity index (χ1v) is 14.7. The van der Waals surface area contributed by atoms with Crippen LogP contribution < -0.4 is 10.6 Å². The molecule has 0 bridgehead atoms. The molecule has 0 heterocycles. The number of ether oxygens (including phenoxy) is 1. The number of aromatic hydroxyl groups is 1. The van der Waals surface area contributed by atoms with Gasteiger partial charge in [-0.25, -0.2) is 4.79 Å². The number of phenols is 1. The lowest BCUT2D eigenvalue weighted by Crippen LogP contribution is -2.53. The molecule has 0 aliphatic rings. The smallest absolute Gasteiger partial charge is 0.408 e. The Labute approximate surface area is 263 Å². The van der Waals surface area contributed by atoms with Crippen LogP contribution in [0.4, 0.5) is 10.5 Å². The minimum Gasteiger partial charge on any atom is -0.508 e. The summed E-state index contributed by atoms with van der Waals surface area (Å²) in [6, 6.07) is 24.6. The number of hydrogen-bond donors (Lipinski definition) is 3. The largest absolute Gasteiger partial charge is 0.508 e. The van der Waals surface area contributed by atoms with Gasteiger partial charge in [-0.3, -0.25) is 9.59 Å². The zero-order chi connectivity index (χ0) is 32.7. The van der Waals surface area contributed by atoms with E-state index in [-0.39, 0.29) is 12.2 Å². The van der Waals surface area contributed by atoms with Crippen LogP contribution >= 0.6 is 0 Å². The number of aryl methyl sites for hydroxylation is 2. The molecule has 0 saturated carbocycles. The third-order valence-corrected chi connectivity index (χ3v) is 7.31. The molecule has 0 radical (unpaired) electrons. The Morgan fingerprint density at radius 2 is 1.60 bits per heavy atom. The number of carbonyl (C=O) groups is 3. The minimum atomic E-state index is -1.20. The highest BCUT2D eigenvalue weighted by molar-refractivity contribution is 6.00. The van der Waals surface area contributed by atoms with Gasteiger partial charge in [-0.2, -0.15) is 5.26 Å². The molecule has 0 saturated heterocycles. The van der Waals surface area contributed by atoms with Crippen LogP contribution in [-0.4, -0.2) is 46.1 Å². The third kappa shape index (κ3) is 8.61. The number of rotatable bonds is 9. The fourth-order valence-corrected chi connectivity index (χ4v) is 4.98. The van der Waals surface area contributed by atoms with Crippen molar-refractivity contribution in [3.05, 3.63) is 107 Å². The Morgan fingerprint density at radius 3 is 2.24 bits per heavy atom. The fraction of sp³-hybridized carbons (Fsp3) is 0.278. The number of hydrogen-bond acceptors (Lipinski definition) is 6. The van der Waals surface area contributed by atoms with Gasteiger partial charge in [0.2, 0.25) is 5.91 Å². The lowest BCUT2D eigenvalue weighted by atomic mass is 9.97. The topological polar surface area (TPSA) is 132 Å². The van der Waals surface area contributed by atoms with Gasteiger partial charge < -0.3 is 25.4 Å². The molecule has 0 spiro atoms. The van der Waals surface area contributed by atoms with Gasteiger partial charge in [0.1, 0.15) is 30.0 Å². The SMILES string of the molecule is Cc1ccc(C(C(=O)Nc2ccc3ccccc3c2)N(CC#N)C(=O)C(Cc2ccc(O)cc2)NC(=O)OC(C)(C)C)cc1C. The number of amides is 3. The summed E-state index contributed by atoms with van der Waals surface area (Å²) >= 11 is 0. The summed E-state index contributed by atoms with van der Waals surface area (Å²) in [6.07, 6.45) is -0.799. The van der Waals surface area contributed by atoms with Gasteiger partial charge in [0.25, 0.3) is 5.91 Å². The first kappa shape index (κ1) is 32.6. The average Bonchev–Trinajstić information content (AvgIpc) is 2.98. The van der Waals surface area contributed by atoms with E-state index in [2.05, 4.69) is 10.6 Å². The highest BCUT2D eigenvalue weighted by Gasteiger charge is 2.36. The fourth-order valence-electron chi connectivity index (χ4n) is 4.98. The van der Waals surface area contributed by atoms with Crippen LogP contribution in [0.3, 0.4) is 0 Å². The van der Waals surface area contributed by atoms with Crippen molar-refractivity contribution in [3.8, 4) is 11.8 Å². The zero-order valence-corrected chi connectivity index (χ0v) is 26.1. The lowest BCUT2D eigenvalue weighted by Gasteiger charge is -2.33. The van der Waals surface area contributed by atoms with Gasteiger partial charge in [0, 0.05) is 12.1 Å². The molecule has 4 aromatic rings. The van der Waals surface area contributed by atoms with E-state index in [0.29, 0.717) is 16.8 Å². The second-order valence-electron chi connectivity index (χ2n) is 12.0. The van der Waals surface area contributed by atoms with Crippen molar-refractivity contribution in [3.63, 3.8) is 0 Å². The number of carbonyl (C=O) groups excluding carboxylic acids is 3. The van der Waals surface area contributed by atoms with Crippen LogP contribution in [0.5, 0.6) is 5.75 Å². The Morgan fingerprint density at radius 1 is 0.911 bits per heavy atom. The Balaban J connectivity index is 1.75. The standard InChI is InChI=1S/C36H38N4O5/c1-23-10-13-28(20-24(23)2)32(33(42)38-29-15-14-26-8-6-7-9-27(26)22-29)40(19-18-37)34(43)31(39-35(44)45-36(3,4)5)21-25-11-16-30(41)17-12-25/h6-17,20,22,31-32,41H,19,21H2,1-5H3,(H,38,42)(H,39,44). The molecular weight excluding hydrogens is 568 g/mol. The molecule has 0 aliphatic carbocycles. The summed E-state index contributed by atoms with van der Waals surface area (Å²) in [5.41, 5.74) is 2.77. The maximum Gasteiger partial charge on any atom is 0.408 e. The predicted molar refractivity (Wildman–Crippen MR) is 174 cm³/mol. The van der Waals surface area contributed by atoms with Gasteiger partial charge in [-0.1, -0.05) is 60.7 Å². The van der Waals surface area contributed by atoms with Crippen LogP contribution in [0, 0.1) is 25.2 Å². The maximum absolute atomic E-state index is 14.4. The Kier molecular flexibility index (Phi) is 10.1. The highest BCUT2D eigenvalue weighted by atomic mass is 16.6. The van der Waals surface area contributed by atoms with E-state index in [1.807, 2.05) is 68.4 Å². The van der Waals surface area contributed by atoms with E-state index in [4.69, 9.17) is 4.74 Å². The van der Waals surface area contributed by atoms with Crippen molar-refractivity contribution in [2.24, 2.45) is 0 Å². The maximum atomic E-state index is 14.4. The normalized spacial score (nSPS) is 12.4. The van der Waals surface area contributed by atoms with Crippen LogP contribution in [-0.2, 0) is 20.7 Å². The molecule has 3 N–H and O–H groups in total. The van der Waals surface area contributed by atoms with Gasteiger partial charge >= 0.3 is 6.09 Å². The van der Waals surface area contributed by atoms with Crippen LogP contribution in [0.2, 0.25) is 0 Å². The quantitative estimate of drug-likeness (QED) is 0.191. The molecular formula is C36H38N4O5. The molecule has 232 valence electrons. The Bertz CT molecular complexity index is 1740. The number of fused-ring (bicyclic) bond motifs is 1. The number of phenolic OH excluding ortho intramolecular Hbond substituents is 1. The zero-order valence-electron chi connectivity index (χ0n) is 26.1. The first-order valence-electron chi connectivity index (χ1n) is 14.7. The molecule has 45 heavy (non-hydrogen) atoms. The number of nitriles is 1. The van der Waals surface area contributed by atoms with Crippen LogP contribution in [0.1, 0.15) is 49.1 Å². The number of benzene rings is 4. The highest BCUT2D eigenvalue weighted by Crippen LogP contribution is 2.28. The third-order valence-electron chi connectivity index (χ3n) is 7.31.